The fourth-order valence-corrected chi connectivity index (χ4v) is 5.68. The zero-order valence-electron chi connectivity index (χ0n) is 19.9. The van der Waals surface area contributed by atoms with Crippen molar-refractivity contribution in [2.75, 3.05) is 11.9 Å². The average Bonchev–Trinajstić information content (AvgIpc) is 3.33. The number of nitrogens with zero attached hydrogens (tertiary/aromatic N) is 1. The van der Waals surface area contributed by atoms with Gasteiger partial charge < -0.3 is 14.8 Å². The summed E-state index contributed by atoms with van der Waals surface area (Å²) in [6, 6.07) is 18.8. The van der Waals surface area contributed by atoms with Crippen molar-refractivity contribution in [1.29, 1.82) is 0 Å². The summed E-state index contributed by atoms with van der Waals surface area (Å²) in [4.78, 5) is 25.4. The first-order chi connectivity index (χ1) is 17.3. The molecule has 0 aromatic heterocycles. The summed E-state index contributed by atoms with van der Waals surface area (Å²) in [5.41, 5.74) is 1.46. The molecule has 0 bridgehead atoms. The molecule has 5 rings (SSSR count). The number of amides is 1. The number of ether oxygens (including phenoxy) is 2. The van der Waals surface area contributed by atoms with Crippen molar-refractivity contribution in [2.24, 2.45) is 0 Å². The van der Waals surface area contributed by atoms with E-state index >= 15 is 0 Å². The van der Waals surface area contributed by atoms with E-state index in [4.69, 9.17) is 9.47 Å². The Morgan fingerprint density at radius 1 is 1.06 bits per heavy atom. The minimum Gasteiger partial charge on any atom is -0.490 e. The van der Waals surface area contributed by atoms with Gasteiger partial charge in [0.05, 0.1) is 12.5 Å². The predicted molar refractivity (Wildman–Crippen MR) is 139 cm³/mol. The van der Waals surface area contributed by atoms with E-state index in [9.17, 15) is 14.9 Å². The largest absolute Gasteiger partial charge is 0.490 e. The highest BCUT2D eigenvalue weighted by Gasteiger charge is 2.67. The molecule has 2 aliphatic rings. The smallest absolute Gasteiger partial charge is 0.256 e. The third-order valence-corrected chi connectivity index (χ3v) is 7.45. The van der Waals surface area contributed by atoms with Crippen molar-refractivity contribution < 1.29 is 19.2 Å². The van der Waals surface area contributed by atoms with Crippen molar-refractivity contribution in [1.82, 2.24) is 5.32 Å². The van der Waals surface area contributed by atoms with Gasteiger partial charge in [-0.05, 0) is 55.3 Å². The van der Waals surface area contributed by atoms with Crippen LogP contribution in [0.1, 0.15) is 36.5 Å². The number of carbonyl (C=O) groups is 1. The number of para-hydroxylation sites is 1. The molecular weight excluding hydrogens is 526 g/mol. The first-order valence-corrected chi connectivity index (χ1v) is 12.6. The monoisotopic (exact) mass is 551 g/mol. The molecule has 1 amide bonds. The van der Waals surface area contributed by atoms with E-state index in [0.29, 0.717) is 41.5 Å². The lowest BCUT2D eigenvalue weighted by Gasteiger charge is -2.25. The number of halogens is 1. The Morgan fingerprint density at radius 2 is 1.81 bits per heavy atom. The van der Waals surface area contributed by atoms with Gasteiger partial charge in [0.2, 0.25) is 0 Å². The Labute approximate surface area is 217 Å². The highest BCUT2D eigenvalue weighted by atomic mass is 79.9. The van der Waals surface area contributed by atoms with Crippen molar-refractivity contribution in [3.05, 3.63) is 98.0 Å². The fraction of sp³-hybridized carbons (Fsp3) is 0.296. The van der Waals surface area contributed by atoms with Crippen LogP contribution in [0.5, 0.6) is 11.5 Å². The minimum atomic E-state index is -1.45. The van der Waals surface area contributed by atoms with Crippen LogP contribution in [0.25, 0.3) is 0 Å². The molecule has 0 saturated carbocycles. The predicted octanol–water partition coefficient (Wildman–Crippen LogP) is 5.00. The summed E-state index contributed by atoms with van der Waals surface area (Å²) in [5.74, 6) is 0.0907. The van der Waals surface area contributed by atoms with Crippen molar-refractivity contribution in [2.45, 2.75) is 44.0 Å². The van der Waals surface area contributed by atoms with Gasteiger partial charge in [0, 0.05) is 26.7 Å². The lowest BCUT2D eigenvalue weighted by Crippen LogP contribution is -2.54. The number of nitrogens with one attached hydrogen (secondary N) is 2. The molecule has 36 heavy (non-hydrogen) atoms. The van der Waals surface area contributed by atoms with E-state index in [1.807, 2.05) is 44.2 Å². The molecule has 4 atom stereocenters. The summed E-state index contributed by atoms with van der Waals surface area (Å²) in [6.45, 7) is 4.52. The van der Waals surface area contributed by atoms with Crippen LogP contribution in [0.4, 0.5) is 5.69 Å². The van der Waals surface area contributed by atoms with E-state index in [1.165, 1.54) is 0 Å². The molecule has 1 fully saturated rings. The second-order valence-electron chi connectivity index (χ2n) is 9.05. The van der Waals surface area contributed by atoms with Crippen LogP contribution < -0.4 is 20.1 Å². The summed E-state index contributed by atoms with van der Waals surface area (Å²) < 4.78 is 12.9. The molecule has 0 unspecified atom stereocenters. The first-order valence-electron chi connectivity index (χ1n) is 11.8. The van der Waals surface area contributed by atoms with Gasteiger partial charge in [0.15, 0.2) is 17.0 Å². The molecule has 1 saturated heterocycles. The highest BCUT2D eigenvalue weighted by molar-refractivity contribution is 9.10. The van der Waals surface area contributed by atoms with E-state index in [2.05, 4.69) is 26.6 Å². The van der Waals surface area contributed by atoms with Crippen molar-refractivity contribution in [3.8, 4) is 11.5 Å². The van der Waals surface area contributed by atoms with E-state index in [1.54, 1.807) is 36.4 Å². The van der Waals surface area contributed by atoms with Gasteiger partial charge in [-0.2, -0.15) is 0 Å². The molecule has 2 heterocycles. The van der Waals surface area contributed by atoms with Gasteiger partial charge >= 0.3 is 0 Å². The summed E-state index contributed by atoms with van der Waals surface area (Å²) in [5, 5.41) is 18.7. The third-order valence-electron chi connectivity index (χ3n) is 6.92. The van der Waals surface area contributed by atoms with Gasteiger partial charge in [-0.25, -0.2) is 0 Å². The van der Waals surface area contributed by atoms with Crippen molar-refractivity contribution in [3.63, 3.8) is 0 Å². The first kappa shape index (κ1) is 24.3. The number of rotatable bonds is 7. The second-order valence-corrected chi connectivity index (χ2v) is 9.97. The zero-order valence-corrected chi connectivity index (χ0v) is 21.4. The average molecular weight is 552 g/mol. The quantitative estimate of drug-likeness (QED) is 0.316. The molecule has 2 aliphatic heterocycles. The fourth-order valence-electron chi connectivity index (χ4n) is 5.41. The molecule has 3 aromatic rings. The standard InChI is InChI=1S/C27H26BrN3O5/c1-3-35-23-14-18(10-13-22(23)36-15-17-8-11-19(28)12-9-17)24-16(2)30-27(25(24)31(33)34)20-6-4-5-7-21(20)29-26(27)32/h4-14,16,24-25,30H,3,15H2,1-2H3,(H,29,32)/t16-,24-,25-,27-/m0/s1. The number of carbonyl (C=O) groups excluding carboxylic acids is 1. The molecule has 2 N–H and O–H groups in total. The molecule has 8 nitrogen and oxygen atoms in total. The van der Waals surface area contributed by atoms with Crippen LogP contribution in [0.3, 0.4) is 0 Å². The number of hydrogen-bond donors (Lipinski definition) is 2. The summed E-state index contributed by atoms with van der Waals surface area (Å²) >= 11 is 3.43. The van der Waals surface area contributed by atoms with Crippen LogP contribution in [-0.2, 0) is 16.9 Å². The van der Waals surface area contributed by atoms with Crippen molar-refractivity contribution >= 4 is 27.5 Å². The van der Waals surface area contributed by atoms with E-state index in [0.717, 1.165) is 10.0 Å². The Bertz CT molecular complexity index is 1320. The Balaban J connectivity index is 1.50. The number of hydrogen-bond acceptors (Lipinski definition) is 6. The van der Waals surface area contributed by atoms with Crippen LogP contribution in [0, 0.1) is 10.1 Å². The van der Waals surface area contributed by atoms with E-state index < -0.39 is 23.4 Å². The number of anilines is 1. The Morgan fingerprint density at radius 3 is 2.53 bits per heavy atom. The maximum Gasteiger partial charge on any atom is 0.256 e. The third kappa shape index (κ3) is 4.02. The Kier molecular flexibility index (Phi) is 6.44. The van der Waals surface area contributed by atoms with Crippen LogP contribution in [0.15, 0.2) is 71.2 Å². The maximum atomic E-state index is 13.2. The molecule has 0 aliphatic carbocycles. The summed E-state index contributed by atoms with van der Waals surface area (Å²) in [7, 11) is 0. The highest BCUT2D eigenvalue weighted by Crippen LogP contribution is 2.50. The van der Waals surface area contributed by atoms with Crippen LogP contribution in [-0.4, -0.2) is 29.5 Å². The van der Waals surface area contributed by atoms with Gasteiger partial charge in [0.1, 0.15) is 6.61 Å². The summed E-state index contributed by atoms with van der Waals surface area (Å²) in [6.07, 6.45) is 0. The normalized spacial score (nSPS) is 24.4. The number of nitro groups is 1. The maximum absolute atomic E-state index is 13.2. The number of fused-ring (bicyclic) bond motifs is 2. The molecule has 9 heteroatoms. The van der Waals surface area contributed by atoms with Gasteiger partial charge in [-0.15, -0.1) is 0 Å². The van der Waals surface area contributed by atoms with E-state index in [-0.39, 0.29) is 11.0 Å². The lowest BCUT2D eigenvalue weighted by atomic mass is 9.78. The Hall–Kier alpha value is -3.43. The van der Waals surface area contributed by atoms with Gasteiger partial charge in [0.25, 0.3) is 11.9 Å². The lowest BCUT2D eigenvalue weighted by molar-refractivity contribution is -0.532. The SMILES string of the molecule is CCOc1cc([C@@H]2[C@H](C)N[C@]3(C(=O)Nc4ccccc43)[C@H]2[N+](=O)[O-])ccc1OCc1ccc(Br)cc1. The topological polar surface area (TPSA) is 103 Å². The molecule has 186 valence electrons. The molecule has 0 radical (unpaired) electrons. The molecule has 1 spiro atoms. The van der Waals surface area contributed by atoms with Crippen LogP contribution >= 0.6 is 15.9 Å². The van der Waals surface area contributed by atoms with Gasteiger partial charge in [-0.3, -0.25) is 20.2 Å². The van der Waals surface area contributed by atoms with Crippen LogP contribution in [0.2, 0.25) is 0 Å². The molecule has 3 aromatic carbocycles. The molecular formula is C27H26BrN3O5. The second kappa shape index (κ2) is 9.55. The van der Waals surface area contributed by atoms with Gasteiger partial charge in [-0.1, -0.05) is 52.3 Å². The zero-order chi connectivity index (χ0) is 25.4. The number of benzene rings is 3. The minimum absolute atomic E-state index is 0.332.